The van der Waals surface area contributed by atoms with Gasteiger partial charge in [-0.15, -0.1) is 0 Å². The molecule has 1 aliphatic heterocycles. The van der Waals surface area contributed by atoms with E-state index in [1.165, 1.54) is 6.92 Å². The summed E-state index contributed by atoms with van der Waals surface area (Å²) in [6.07, 6.45) is 9.87. The topological polar surface area (TPSA) is 102 Å². The summed E-state index contributed by atoms with van der Waals surface area (Å²) in [4.78, 5) is 25.2. The van der Waals surface area contributed by atoms with Crippen molar-refractivity contribution in [1.82, 2.24) is 0 Å². The fraction of sp³-hybridized carbons (Fsp3) is 0.812. The van der Waals surface area contributed by atoms with Crippen molar-refractivity contribution >= 4 is 11.8 Å². The number of rotatable bonds is 5. The highest BCUT2D eigenvalue weighted by molar-refractivity contribution is 5.95. The maximum absolute atomic E-state index is 13.6. The molecule has 1 saturated heterocycles. The Balaban J connectivity index is 1.48. The van der Waals surface area contributed by atoms with Gasteiger partial charge in [0.1, 0.15) is 6.10 Å². The smallest absolute Gasteiger partial charge is 0.303 e. The maximum atomic E-state index is 13.6. The van der Waals surface area contributed by atoms with E-state index in [9.17, 15) is 19.8 Å². The molecule has 5 aliphatic rings. The van der Waals surface area contributed by atoms with Gasteiger partial charge in [-0.25, -0.2) is 0 Å². The number of carbonyl (C=O) groups is 2. The second kappa shape index (κ2) is 8.98. The molecular formula is C32H48O7. The molecule has 1 heterocycles. The van der Waals surface area contributed by atoms with E-state index < -0.39 is 39.5 Å². The van der Waals surface area contributed by atoms with E-state index in [4.69, 9.17) is 14.2 Å². The van der Waals surface area contributed by atoms with Gasteiger partial charge in [-0.3, -0.25) is 9.59 Å². The van der Waals surface area contributed by atoms with Crippen molar-refractivity contribution in [3.63, 3.8) is 0 Å². The van der Waals surface area contributed by atoms with Crippen molar-refractivity contribution in [1.29, 1.82) is 0 Å². The number of hydrogen-bond donors (Lipinski definition) is 2. The lowest BCUT2D eigenvalue weighted by Gasteiger charge is -2.59. The summed E-state index contributed by atoms with van der Waals surface area (Å²) < 4.78 is 18.6. The van der Waals surface area contributed by atoms with Crippen LogP contribution in [0.1, 0.15) is 100 Å². The largest absolute Gasteiger partial charge is 0.458 e. The standard InChI is InChI=1S/C32H48O7/c1-19(33)37-20-9-14-29(6)21-10-15-30(7)25(11-16-32(30,36)22(21)18-24(34)23(29)17-20)31(8)26(12-13-27(2,3)35)38-28(4,5)39-31/h9,14,18,20-21,23,25-26,35-36H,10-13,15-17H2,1-8H3/t20-,21-,23-,25-,26+,29+,30+,31+,32+/m0/s1. The van der Waals surface area contributed by atoms with Crippen molar-refractivity contribution in [2.75, 3.05) is 0 Å². The first-order valence-corrected chi connectivity index (χ1v) is 14.8. The first-order chi connectivity index (χ1) is 17.8. The maximum Gasteiger partial charge on any atom is 0.303 e. The van der Waals surface area contributed by atoms with Gasteiger partial charge in [0.15, 0.2) is 11.6 Å². The number of allylic oxidation sites excluding steroid dienone is 2. The van der Waals surface area contributed by atoms with Gasteiger partial charge >= 0.3 is 5.97 Å². The van der Waals surface area contributed by atoms with Gasteiger partial charge in [0.2, 0.25) is 0 Å². The van der Waals surface area contributed by atoms with Gasteiger partial charge < -0.3 is 24.4 Å². The lowest BCUT2D eigenvalue weighted by molar-refractivity contribution is -0.189. The molecule has 2 saturated carbocycles. The van der Waals surface area contributed by atoms with Crippen LogP contribution < -0.4 is 0 Å². The zero-order chi connectivity index (χ0) is 28.8. The van der Waals surface area contributed by atoms with Crippen LogP contribution >= 0.6 is 0 Å². The fourth-order valence-electron chi connectivity index (χ4n) is 9.31. The molecule has 0 amide bonds. The Labute approximate surface area is 233 Å². The highest BCUT2D eigenvalue weighted by atomic mass is 16.8. The first kappa shape index (κ1) is 29.0. The third kappa shape index (κ3) is 4.47. The van der Waals surface area contributed by atoms with Crippen LogP contribution in [0.5, 0.6) is 0 Å². The molecule has 4 aliphatic carbocycles. The van der Waals surface area contributed by atoms with Gasteiger partial charge in [-0.2, -0.15) is 0 Å². The number of carbonyl (C=O) groups excluding carboxylic acids is 2. The van der Waals surface area contributed by atoms with Crippen LogP contribution in [0, 0.1) is 28.6 Å². The molecule has 0 bridgehead atoms. The lowest BCUT2D eigenvalue weighted by atomic mass is 9.47. The summed E-state index contributed by atoms with van der Waals surface area (Å²) in [5, 5.41) is 23.1. The van der Waals surface area contributed by atoms with Crippen molar-refractivity contribution in [2.45, 2.75) is 135 Å². The number of hydrogen-bond acceptors (Lipinski definition) is 7. The Kier molecular flexibility index (Phi) is 6.67. The third-order valence-corrected chi connectivity index (χ3v) is 11.2. The van der Waals surface area contributed by atoms with Crippen LogP contribution in [-0.4, -0.2) is 56.8 Å². The minimum Gasteiger partial charge on any atom is -0.458 e. The van der Waals surface area contributed by atoms with E-state index in [1.54, 1.807) is 6.08 Å². The monoisotopic (exact) mass is 544 g/mol. The summed E-state index contributed by atoms with van der Waals surface area (Å²) in [6.45, 7) is 15.4. The molecule has 0 aromatic carbocycles. The summed E-state index contributed by atoms with van der Waals surface area (Å²) in [7, 11) is 0. The Morgan fingerprint density at radius 2 is 1.82 bits per heavy atom. The van der Waals surface area contributed by atoms with E-state index in [0.29, 0.717) is 25.7 Å². The number of ether oxygens (including phenoxy) is 3. The average Bonchev–Trinajstić information content (AvgIpc) is 3.22. The van der Waals surface area contributed by atoms with Gasteiger partial charge in [0.05, 0.1) is 22.9 Å². The summed E-state index contributed by atoms with van der Waals surface area (Å²) in [5.41, 5.74) is -2.63. The minimum atomic E-state index is -1.12. The Morgan fingerprint density at radius 3 is 2.46 bits per heavy atom. The van der Waals surface area contributed by atoms with Crippen LogP contribution in [0.25, 0.3) is 0 Å². The first-order valence-electron chi connectivity index (χ1n) is 14.8. The molecule has 0 aromatic rings. The van der Waals surface area contributed by atoms with Gasteiger partial charge in [0, 0.05) is 23.7 Å². The summed E-state index contributed by atoms with van der Waals surface area (Å²) in [6, 6.07) is 0. The van der Waals surface area contributed by atoms with Gasteiger partial charge in [0.25, 0.3) is 0 Å². The highest BCUT2D eigenvalue weighted by Gasteiger charge is 2.70. The predicted molar refractivity (Wildman–Crippen MR) is 146 cm³/mol. The zero-order valence-electron chi connectivity index (χ0n) is 25.0. The number of fused-ring (bicyclic) bond motifs is 5. The predicted octanol–water partition coefficient (Wildman–Crippen LogP) is 5.03. The molecule has 9 atom stereocenters. The van der Waals surface area contributed by atoms with Crippen LogP contribution in [0.2, 0.25) is 0 Å². The molecule has 39 heavy (non-hydrogen) atoms. The Hall–Kier alpha value is -1.54. The van der Waals surface area contributed by atoms with Crippen molar-refractivity contribution < 1.29 is 34.0 Å². The second-order valence-corrected chi connectivity index (χ2v) is 14.8. The van der Waals surface area contributed by atoms with E-state index in [1.807, 2.05) is 33.8 Å². The second-order valence-electron chi connectivity index (χ2n) is 14.8. The van der Waals surface area contributed by atoms with Crippen LogP contribution in [0.3, 0.4) is 0 Å². The van der Waals surface area contributed by atoms with Crippen LogP contribution in [0.4, 0.5) is 0 Å². The normalized spacial score (nSPS) is 46.8. The van der Waals surface area contributed by atoms with Crippen molar-refractivity contribution in [3.05, 3.63) is 23.8 Å². The quantitative estimate of drug-likeness (QED) is 0.370. The van der Waals surface area contributed by atoms with Crippen molar-refractivity contribution in [2.24, 2.45) is 28.6 Å². The zero-order valence-corrected chi connectivity index (χ0v) is 25.0. The molecule has 7 heteroatoms. The van der Waals surface area contributed by atoms with Gasteiger partial charge in [-0.05, 0) is 109 Å². The highest BCUT2D eigenvalue weighted by Crippen LogP contribution is 2.69. The van der Waals surface area contributed by atoms with Crippen LogP contribution in [0.15, 0.2) is 23.8 Å². The summed E-state index contributed by atoms with van der Waals surface area (Å²) >= 11 is 0. The third-order valence-electron chi connectivity index (χ3n) is 11.2. The molecule has 2 N–H and O–H groups in total. The number of aliphatic hydroxyl groups is 2. The van der Waals surface area contributed by atoms with Crippen LogP contribution in [-0.2, 0) is 23.8 Å². The number of ketones is 1. The lowest BCUT2D eigenvalue weighted by Crippen LogP contribution is -2.61. The molecular weight excluding hydrogens is 496 g/mol. The molecule has 3 fully saturated rings. The van der Waals surface area contributed by atoms with E-state index >= 15 is 0 Å². The Morgan fingerprint density at radius 1 is 1.13 bits per heavy atom. The molecule has 0 spiro atoms. The van der Waals surface area contributed by atoms with E-state index in [0.717, 1.165) is 24.8 Å². The SMILES string of the molecule is CC(=O)O[C@H]1C=C[C@@]2(C)[C@@H](C1)C(=O)C=C1[C@@H]2CC[C@]2(C)[C@@H]([C@@]3(C)OC(C)(C)O[C@@H]3CCC(C)(C)O)CC[C@@]12O. The molecule has 0 unspecified atom stereocenters. The molecule has 0 aromatic heterocycles. The molecule has 5 rings (SSSR count). The average molecular weight is 545 g/mol. The molecule has 7 nitrogen and oxygen atoms in total. The fourth-order valence-corrected chi connectivity index (χ4v) is 9.31. The van der Waals surface area contributed by atoms with Crippen molar-refractivity contribution in [3.8, 4) is 0 Å². The number of esters is 1. The molecule has 218 valence electrons. The van der Waals surface area contributed by atoms with E-state index in [-0.39, 0.29) is 35.6 Å². The summed E-state index contributed by atoms with van der Waals surface area (Å²) in [5.74, 6) is -1.31. The Bertz CT molecular complexity index is 1100. The van der Waals surface area contributed by atoms with Gasteiger partial charge in [-0.1, -0.05) is 19.9 Å². The minimum absolute atomic E-state index is 0.0151. The molecule has 0 radical (unpaired) electrons. The van der Waals surface area contributed by atoms with E-state index in [2.05, 4.69) is 26.8 Å².